The molecule has 1 aliphatic rings. The molecule has 6 nitrogen and oxygen atoms in total. The molecule has 0 atom stereocenters. The van der Waals surface area contributed by atoms with E-state index >= 15 is 0 Å². The summed E-state index contributed by atoms with van der Waals surface area (Å²) in [5.74, 6) is -0.249. The molecule has 2 aromatic rings. The van der Waals surface area contributed by atoms with Crippen molar-refractivity contribution in [3.05, 3.63) is 60.2 Å². The zero-order chi connectivity index (χ0) is 20.5. The summed E-state index contributed by atoms with van der Waals surface area (Å²) in [5, 5.41) is 5.67. The van der Waals surface area contributed by atoms with Gasteiger partial charge in [0.1, 0.15) is 0 Å². The fraction of sp³-hybridized carbons (Fsp3) is 0.391. The second-order valence-corrected chi connectivity index (χ2v) is 7.39. The lowest BCUT2D eigenvalue weighted by Gasteiger charge is -2.36. The Morgan fingerprint density at radius 3 is 2.41 bits per heavy atom. The Labute approximate surface area is 172 Å². The van der Waals surface area contributed by atoms with Gasteiger partial charge in [-0.1, -0.05) is 24.3 Å². The molecule has 6 heteroatoms. The molecule has 0 radical (unpaired) electrons. The van der Waals surface area contributed by atoms with Crippen LogP contribution in [0.1, 0.15) is 30.1 Å². The molecular formula is C23H30N4O2. The number of anilines is 2. The van der Waals surface area contributed by atoms with Gasteiger partial charge in [-0.15, -0.1) is 0 Å². The number of hydrogen-bond acceptors (Lipinski definition) is 4. The molecule has 2 N–H and O–H groups in total. The van der Waals surface area contributed by atoms with E-state index in [4.69, 9.17) is 0 Å². The third kappa shape index (κ3) is 6.61. The van der Waals surface area contributed by atoms with Crippen LogP contribution in [0, 0.1) is 0 Å². The zero-order valence-corrected chi connectivity index (χ0v) is 17.1. The largest absolute Gasteiger partial charge is 0.369 e. The van der Waals surface area contributed by atoms with Crippen molar-refractivity contribution in [1.29, 1.82) is 0 Å². The summed E-state index contributed by atoms with van der Waals surface area (Å²) in [7, 11) is 0. The summed E-state index contributed by atoms with van der Waals surface area (Å²) >= 11 is 0. The Hall–Kier alpha value is -2.86. The lowest BCUT2D eigenvalue weighted by Crippen LogP contribution is -2.46. The first kappa shape index (κ1) is 20.9. The van der Waals surface area contributed by atoms with Gasteiger partial charge < -0.3 is 15.5 Å². The minimum atomic E-state index is -0.146. The first-order valence-corrected chi connectivity index (χ1v) is 10.3. The highest BCUT2D eigenvalue weighted by Gasteiger charge is 2.16. The molecule has 3 rings (SSSR count). The molecular weight excluding hydrogens is 364 g/mol. The van der Waals surface area contributed by atoms with E-state index in [-0.39, 0.29) is 11.8 Å². The molecule has 0 bridgehead atoms. The predicted molar refractivity (Wildman–Crippen MR) is 117 cm³/mol. The highest BCUT2D eigenvalue weighted by molar-refractivity contribution is 5.96. The number of hydrogen-bond donors (Lipinski definition) is 2. The Bertz CT molecular complexity index is 802. The lowest BCUT2D eigenvalue weighted by molar-refractivity contribution is -0.114. The monoisotopic (exact) mass is 394 g/mol. The van der Waals surface area contributed by atoms with Crippen LogP contribution in [0.15, 0.2) is 54.6 Å². The summed E-state index contributed by atoms with van der Waals surface area (Å²) in [6.07, 6.45) is 2.02. The van der Waals surface area contributed by atoms with Gasteiger partial charge in [-0.25, -0.2) is 0 Å². The molecule has 0 spiro atoms. The number of para-hydroxylation sites is 1. The molecule has 154 valence electrons. The molecule has 1 aliphatic heterocycles. The number of amides is 2. The van der Waals surface area contributed by atoms with Crippen molar-refractivity contribution in [2.75, 3.05) is 49.5 Å². The first-order valence-electron chi connectivity index (χ1n) is 10.3. The van der Waals surface area contributed by atoms with Gasteiger partial charge in [0, 0.05) is 56.6 Å². The fourth-order valence-corrected chi connectivity index (χ4v) is 3.57. The number of carbonyl (C=O) groups excluding carboxylic acids is 2. The van der Waals surface area contributed by atoms with E-state index < -0.39 is 0 Å². The van der Waals surface area contributed by atoms with Crippen molar-refractivity contribution >= 4 is 23.2 Å². The predicted octanol–water partition coefficient (Wildman–Crippen LogP) is 2.98. The van der Waals surface area contributed by atoms with Crippen LogP contribution in [0.25, 0.3) is 0 Å². The minimum Gasteiger partial charge on any atom is -0.369 e. The third-order valence-electron chi connectivity index (χ3n) is 5.13. The van der Waals surface area contributed by atoms with Crippen molar-refractivity contribution in [3.8, 4) is 0 Å². The number of nitrogens with one attached hydrogen (secondary N) is 2. The molecule has 0 aromatic heterocycles. The average Bonchev–Trinajstić information content (AvgIpc) is 2.74. The highest BCUT2D eigenvalue weighted by Crippen LogP contribution is 2.15. The number of unbranched alkanes of at least 4 members (excludes halogenated alkanes) is 1. The zero-order valence-electron chi connectivity index (χ0n) is 17.1. The van der Waals surface area contributed by atoms with E-state index in [2.05, 4.69) is 50.8 Å². The van der Waals surface area contributed by atoms with Crippen molar-refractivity contribution < 1.29 is 9.59 Å². The third-order valence-corrected chi connectivity index (χ3v) is 5.13. The second-order valence-electron chi connectivity index (χ2n) is 7.39. The van der Waals surface area contributed by atoms with Crippen LogP contribution < -0.4 is 15.5 Å². The SMILES string of the molecule is CC(=O)Nc1cccc(C(=O)NCCCCN2CCN(c3ccccc3)CC2)c1. The van der Waals surface area contributed by atoms with E-state index in [1.165, 1.54) is 12.6 Å². The summed E-state index contributed by atoms with van der Waals surface area (Å²) in [5.41, 5.74) is 2.51. The molecule has 2 aromatic carbocycles. The quantitative estimate of drug-likeness (QED) is 0.676. The van der Waals surface area contributed by atoms with Gasteiger partial charge >= 0.3 is 0 Å². The second kappa shape index (κ2) is 10.6. The summed E-state index contributed by atoms with van der Waals surface area (Å²) in [4.78, 5) is 28.4. The van der Waals surface area contributed by atoms with Crippen molar-refractivity contribution in [2.24, 2.45) is 0 Å². The molecule has 2 amide bonds. The van der Waals surface area contributed by atoms with Crippen LogP contribution in [-0.4, -0.2) is 56.0 Å². The van der Waals surface area contributed by atoms with E-state index in [0.29, 0.717) is 17.8 Å². The molecule has 29 heavy (non-hydrogen) atoms. The Balaban J connectivity index is 1.31. The summed E-state index contributed by atoms with van der Waals surface area (Å²) in [6, 6.07) is 17.6. The van der Waals surface area contributed by atoms with Gasteiger partial charge in [0.15, 0.2) is 0 Å². The Morgan fingerprint density at radius 2 is 1.69 bits per heavy atom. The lowest BCUT2D eigenvalue weighted by atomic mass is 10.2. The van der Waals surface area contributed by atoms with Crippen molar-refractivity contribution in [3.63, 3.8) is 0 Å². The molecule has 1 fully saturated rings. The van der Waals surface area contributed by atoms with Crippen LogP contribution in [0.4, 0.5) is 11.4 Å². The van der Waals surface area contributed by atoms with E-state index in [1.54, 1.807) is 24.3 Å². The molecule has 1 heterocycles. The summed E-state index contributed by atoms with van der Waals surface area (Å²) < 4.78 is 0. The van der Waals surface area contributed by atoms with Gasteiger partial charge in [-0.3, -0.25) is 14.5 Å². The van der Waals surface area contributed by atoms with Crippen LogP contribution in [0.5, 0.6) is 0 Å². The molecule has 0 unspecified atom stereocenters. The average molecular weight is 395 g/mol. The Morgan fingerprint density at radius 1 is 0.931 bits per heavy atom. The van der Waals surface area contributed by atoms with Crippen molar-refractivity contribution in [1.82, 2.24) is 10.2 Å². The van der Waals surface area contributed by atoms with E-state index in [1.807, 2.05) is 0 Å². The number of rotatable bonds is 8. The number of piperazine rings is 1. The number of carbonyl (C=O) groups is 2. The smallest absolute Gasteiger partial charge is 0.251 e. The highest BCUT2D eigenvalue weighted by atomic mass is 16.2. The van der Waals surface area contributed by atoms with Crippen LogP contribution in [0.3, 0.4) is 0 Å². The fourth-order valence-electron chi connectivity index (χ4n) is 3.57. The van der Waals surface area contributed by atoms with Gasteiger partial charge in [-0.2, -0.15) is 0 Å². The van der Waals surface area contributed by atoms with Gasteiger partial charge in [-0.05, 0) is 49.7 Å². The van der Waals surface area contributed by atoms with Crippen molar-refractivity contribution in [2.45, 2.75) is 19.8 Å². The maximum atomic E-state index is 12.3. The first-order chi connectivity index (χ1) is 14.1. The topological polar surface area (TPSA) is 64.7 Å². The number of nitrogens with zero attached hydrogens (tertiary/aromatic N) is 2. The molecule has 0 aliphatic carbocycles. The maximum Gasteiger partial charge on any atom is 0.251 e. The Kier molecular flexibility index (Phi) is 7.64. The molecule has 0 saturated carbocycles. The number of benzene rings is 2. The van der Waals surface area contributed by atoms with E-state index in [0.717, 1.165) is 45.6 Å². The van der Waals surface area contributed by atoms with Crippen LogP contribution in [0.2, 0.25) is 0 Å². The normalized spacial score (nSPS) is 14.4. The standard InChI is InChI=1S/C23H30N4O2/c1-19(28)25-21-9-7-8-20(18-21)23(29)24-12-5-6-13-26-14-16-27(17-15-26)22-10-3-2-4-11-22/h2-4,7-11,18H,5-6,12-17H2,1H3,(H,24,29)(H,25,28). The maximum absolute atomic E-state index is 12.3. The minimum absolute atomic E-state index is 0.103. The van der Waals surface area contributed by atoms with Crippen LogP contribution >= 0.6 is 0 Å². The van der Waals surface area contributed by atoms with Gasteiger partial charge in [0.05, 0.1) is 0 Å². The summed E-state index contributed by atoms with van der Waals surface area (Å²) in [6.45, 7) is 7.46. The van der Waals surface area contributed by atoms with Crippen LogP contribution in [-0.2, 0) is 4.79 Å². The molecule has 1 saturated heterocycles. The van der Waals surface area contributed by atoms with Gasteiger partial charge in [0.2, 0.25) is 5.91 Å². The van der Waals surface area contributed by atoms with Gasteiger partial charge in [0.25, 0.3) is 5.91 Å². The van der Waals surface area contributed by atoms with E-state index in [9.17, 15) is 9.59 Å².